The van der Waals surface area contributed by atoms with Crippen LogP contribution in [-0.2, 0) is 10.0 Å². The Morgan fingerprint density at radius 2 is 2.30 bits per heavy atom. The van der Waals surface area contributed by atoms with Gasteiger partial charge in [-0.15, -0.1) is 0 Å². The quantitative estimate of drug-likeness (QED) is 0.491. The Kier molecular flexibility index (Phi) is 4.28. The predicted molar refractivity (Wildman–Crippen MR) is 75.9 cm³/mol. The van der Waals surface area contributed by atoms with Gasteiger partial charge in [-0.3, -0.25) is 10.1 Å². The summed E-state index contributed by atoms with van der Waals surface area (Å²) in [6.45, 7) is 2.88. The molecule has 1 aromatic heterocycles. The zero-order chi connectivity index (χ0) is 14.9. The number of piperidine rings is 1. The van der Waals surface area contributed by atoms with E-state index in [-0.39, 0.29) is 14.9 Å². The third kappa shape index (κ3) is 2.77. The molecule has 0 spiro atoms. The number of nitro groups is 1. The molecule has 0 amide bonds. The molecule has 3 N–H and O–H groups in total. The van der Waals surface area contributed by atoms with Gasteiger partial charge in [-0.1, -0.05) is 18.3 Å². The molecule has 2 heterocycles. The van der Waals surface area contributed by atoms with Crippen LogP contribution >= 0.6 is 11.3 Å². The number of sulfonamides is 1. The number of nitrogens with one attached hydrogen (secondary N) is 1. The van der Waals surface area contributed by atoms with Crippen LogP contribution in [0.25, 0.3) is 0 Å². The van der Waals surface area contributed by atoms with E-state index in [0.717, 1.165) is 30.2 Å². The first-order valence-electron chi connectivity index (χ1n) is 6.11. The lowest BCUT2D eigenvalue weighted by Gasteiger charge is -2.29. The van der Waals surface area contributed by atoms with E-state index in [1.807, 2.05) is 6.92 Å². The molecule has 1 saturated heterocycles. The summed E-state index contributed by atoms with van der Waals surface area (Å²) in [6, 6.07) is 1.06. The summed E-state index contributed by atoms with van der Waals surface area (Å²) in [5.41, 5.74) is 1.86. The highest BCUT2D eigenvalue weighted by molar-refractivity contribution is 7.91. The van der Waals surface area contributed by atoms with Gasteiger partial charge in [0, 0.05) is 19.2 Å². The predicted octanol–water partition coefficient (Wildman–Crippen LogP) is 1.36. The number of hydrogen-bond acceptors (Lipinski definition) is 7. The Bertz CT molecular complexity index is 613. The first kappa shape index (κ1) is 15.2. The highest BCUT2D eigenvalue weighted by atomic mass is 32.2. The minimum Gasteiger partial charge on any atom is -0.310 e. The highest BCUT2D eigenvalue weighted by Gasteiger charge is 2.33. The molecule has 0 aromatic carbocycles. The van der Waals surface area contributed by atoms with Crippen LogP contribution in [0.4, 0.5) is 10.7 Å². The number of rotatable bonds is 4. The Hall–Kier alpha value is -1.23. The maximum absolute atomic E-state index is 12.5. The lowest BCUT2D eigenvalue weighted by molar-refractivity contribution is -0.383. The Balaban J connectivity index is 2.36. The summed E-state index contributed by atoms with van der Waals surface area (Å²) in [6.07, 6.45) is 1.79. The van der Waals surface area contributed by atoms with Gasteiger partial charge in [-0.05, 0) is 18.8 Å². The maximum atomic E-state index is 12.5. The topological polar surface area (TPSA) is 119 Å². The fourth-order valence-corrected chi connectivity index (χ4v) is 5.21. The molecule has 1 unspecified atom stereocenters. The number of hydrogen-bond donors (Lipinski definition) is 2. The molecule has 112 valence electrons. The molecule has 1 fully saturated rings. The molecule has 0 saturated carbocycles. The molecule has 8 nitrogen and oxygen atoms in total. The molecular weight excluding hydrogens is 304 g/mol. The minimum absolute atomic E-state index is 0.0404. The summed E-state index contributed by atoms with van der Waals surface area (Å²) >= 11 is 0.782. The number of hydrazine groups is 1. The van der Waals surface area contributed by atoms with Crippen molar-refractivity contribution in [2.75, 3.05) is 18.5 Å². The van der Waals surface area contributed by atoms with Crippen molar-refractivity contribution in [2.24, 2.45) is 11.8 Å². The van der Waals surface area contributed by atoms with E-state index < -0.39 is 14.9 Å². The lowest BCUT2D eigenvalue weighted by Crippen LogP contribution is -2.38. The molecule has 10 heteroatoms. The van der Waals surface area contributed by atoms with Crippen molar-refractivity contribution < 1.29 is 13.3 Å². The average molecular weight is 320 g/mol. The summed E-state index contributed by atoms with van der Waals surface area (Å²) in [7, 11) is -3.69. The molecule has 20 heavy (non-hydrogen) atoms. The fourth-order valence-electron chi connectivity index (χ4n) is 2.22. The van der Waals surface area contributed by atoms with Crippen molar-refractivity contribution in [3.63, 3.8) is 0 Å². The zero-order valence-electron chi connectivity index (χ0n) is 10.9. The molecule has 1 aliphatic rings. The molecular formula is C10H16N4O4S2. The van der Waals surface area contributed by atoms with Crippen LogP contribution in [0.15, 0.2) is 10.3 Å². The van der Waals surface area contributed by atoms with Crippen LogP contribution in [0.2, 0.25) is 0 Å². The maximum Gasteiger partial charge on any atom is 0.306 e. The zero-order valence-corrected chi connectivity index (χ0v) is 12.5. The molecule has 1 aromatic rings. The summed E-state index contributed by atoms with van der Waals surface area (Å²) in [5.74, 6) is 5.49. The van der Waals surface area contributed by atoms with Crippen LogP contribution in [-0.4, -0.2) is 30.7 Å². The fraction of sp³-hybridized carbons (Fsp3) is 0.600. The second-order valence-electron chi connectivity index (χ2n) is 4.79. The molecule has 2 rings (SSSR count). The molecule has 0 radical (unpaired) electrons. The van der Waals surface area contributed by atoms with Crippen molar-refractivity contribution in [3.8, 4) is 0 Å². The number of nitrogens with two attached hydrogens (primary N) is 1. The first-order valence-corrected chi connectivity index (χ1v) is 8.37. The largest absolute Gasteiger partial charge is 0.310 e. The molecule has 0 aliphatic carbocycles. The van der Waals surface area contributed by atoms with Gasteiger partial charge in [0.25, 0.3) is 10.0 Å². The monoisotopic (exact) mass is 320 g/mol. The van der Waals surface area contributed by atoms with Crippen LogP contribution in [0.1, 0.15) is 19.8 Å². The minimum atomic E-state index is -3.69. The molecule has 1 aliphatic heterocycles. The van der Waals surface area contributed by atoms with Crippen molar-refractivity contribution in [1.82, 2.24) is 4.31 Å². The van der Waals surface area contributed by atoms with E-state index in [4.69, 9.17) is 5.84 Å². The summed E-state index contributed by atoms with van der Waals surface area (Å²) in [4.78, 5) is 10.2. The average Bonchev–Trinajstić information content (AvgIpc) is 2.83. The van der Waals surface area contributed by atoms with Gasteiger partial charge in [-0.25, -0.2) is 14.3 Å². The Labute approximate surface area is 120 Å². The van der Waals surface area contributed by atoms with Gasteiger partial charge in [0.1, 0.15) is 4.21 Å². The summed E-state index contributed by atoms with van der Waals surface area (Å²) < 4.78 is 26.3. The number of nitrogens with zero attached hydrogens (tertiary/aromatic N) is 2. The van der Waals surface area contributed by atoms with Gasteiger partial charge < -0.3 is 5.43 Å². The van der Waals surface area contributed by atoms with Crippen LogP contribution in [0.5, 0.6) is 0 Å². The highest BCUT2D eigenvalue weighted by Crippen LogP contribution is 2.38. The van der Waals surface area contributed by atoms with Gasteiger partial charge in [0.15, 0.2) is 5.00 Å². The Morgan fingerprint density at radius 1 is 1.60 bits per heavy atom. The van der Waals surface area contributed by atoms with Gasteiger partial charge in [0.2, 0.25) is 0 Å². The Morgan fingerprint density at radius 3 is 2.80 bits per heavy atom. The van der Waals surface area contributed by atoms with E-state index in [1.54, 1.807) is 0 Å². The third-order valence-corrected chi connectivity index (χ3v) is 6.60. The lowest BCUT2D eigenvalue weighted by atomic mass is 10.0. The van der Waals surface area contributed by atoms with Gasteiger partial charge in [0.05, 0.1) is 4.92 Å². The van der Waals surface area contributed by atoms with E-state index in [0.29, 0.717) is 19.0 Å². The van der Waals surface area contributed by atoms with Crippen LogP contribution in [0, 0.1) is 16.0 Å². The first-order chi connectivity index (χ1) is 9.36. The van der Waals surface area contributed by atoms with Crippen molar-refractivity contribution >= 4 is 32.0 Å². The van der Waals surface area contributed by atoms with Crippen molar-refractivity contribution in [3.05, 3.63) is 16.2 Å². The van der Waals surface area contributed by atoms with E-state index in [9.17, 15) is 18.5 Å². The second kappa shape index (κ2) is 5.64. The standard InChI is InChI=1S/C10H16N4O4S2/c1-7-3-2-4-13(6-7)20(17,18)9-5-8(14(15)16)10(12-11)19-9/h5,7,12H,2-4,6,11H2,1H3. The number of thiophene rings is 1. The molecule has 1 atom stereocenters. The van der Waals surface area contributed by atoms with E-state index in [1.165, 1.54) is 4.31 Å². The van der Waals surface area contributed by atoms with Gasteiger partial charge in [-0.2, -0.15) is 4.31 Å². The normalized spacial score (nSPS) is 20.8. The van der Waals surface area contributed by atoms with Crippen LogP contribution < -0.4 is 11.3 Å². The van der Waals surface area contributed by atoms with Crippen molar-refractivity contribution in [1.29, 1.82) is 0 Å². The number of anilines is 1. The van der Waals surface area contributed by atoms with Gasteiger partial charge >= 0.3 is 5.69 Å². The smallest absolute Gasteiger partial charge is 0.306 e. The SMILES string of the molecule is CC1CCCN(S(=O)(=O)c2cc([N+](=O)[O-])c(NN)s2)C1. The van der Waals surface area contributed by atoms with Crippen molar-refractivity contribution in [2.45, 2.75) is 24.0 Å². The number of nitrogen functional groups attached to an aromatic ring is 1. The second-order valence-corrected chi connectivity index (χ2v) is 8.01. The summed E-state index contributed by atoms with van der Waals surface area (Å²) in [5, 5.41) is 10.9. The third-order valence-electron chi connectivity index (χ3n) is 3.23. The van der Waals surface area contributed by atoms with E-state index in [2.05, 4.69) is 5.43 Å². The van der Waals surface area contributed by atoms with Crippen LogP contribution in [0.3, 0.4) is 0 Å². The van der Waals surface area contributed by atoms with E-state index >= 15 is 0 Å². The molecule has 0 bridgehead atoms.